The van der Waals surface area contributed by atoms with Crippen LogP contribution in [0.1, 0.15) is 11.3 Å². The molecule has 3 rings (SSSR count). The van der Waals surface area contributed by atoms with Gasteiger partial charge in [-0.05, 0) is 36.8 Å². The van der Waals surface area contributed by atoms with Crippen LogP contribution in [0.25, 0.3) is 5.65 Å². The average Bonchev–Trinajstić information content (AvgIpc) is 2.90. The van der Waals surface area contributed by atoms with Crippen LogP contribution in [0.3, 0.4) is 0 Å². The number of hydrogen-bond acceptors (Lipinski definition) is 2. The molecule has 6 heteroatoms. The molecule has 5 nitrogen and oxygen atoms in total. The Morgan fingerprint density at radius 2 is 2.18 bits per heavy atom. The lowest BCUT2D eigenvalue weighted by molar-refractivity contribution is 0.251. The summed E-state index contributed by atoms with van der Waals surface area (Å²) >= 11 is 5.88. The first-order valence-corrected chi connectivity index (χ1v) is 7.23. The molecule has 22 heavy (non-hydrogen) atoms. The molecule has 0 bridgehead atoms. The summed E-state index contributed by atoms with van der Waals surface area (Å²) in [6.07, 6.45) is 3.84. The number of rotatable bonds is 3. The lowest BCUT2D eigenvalue weighted by atomic mass is 10.3. The second kappa shape index (κ2) is 6.07. The number of amides is 2. The van der Waals surface area contributed by atoms with Gasteiger partial charge < -0.3 is 15.0 Å². The predicted molar refractivity (Wildman–Crippen MR) is 87.2 cm³/mol. The SMILES string of the molecule is Cc1cccn2cc(CNC(=O)Nc3cccc(Cl)c3)nc12. The number of benzene rings is 1. The van der Waals surface area contributed by atoms with Crippen LogP contribution in [0, 0.1) is 6.92 Å². The maximum Gasteiger partial charge on any atom is 0.319 e. The first kappa shape index (κ1) is 14.4. The number of nitrogens with one attached hydrogen (secondary N) is 2. The van der Waals surface area contributed by atoms with Crippen molar-refractivity contribution in [3.63, 3.8) is 0 Å². The number of urea groups is 1. The number of halogens is 1. The third-order valence-corrected chi connectivity index (χ3v) is 3.48. The van der Waals surface area contributed by atoms with E-state index < -0.39 is 0 Å². The Labute approximate surface area is 132 Å². The summed E-state index contributed by atoms with van der Waals surface area (Å²) in [7, 11) is 0. The lowest BCUT2D eigenvalue weighted by Crippen LogP contribution is -2.28. The van der Waals surface area contributed by atoms with E-state index >= 15 is 0 Å². The average molecular weight is 315 g/mol. The Bertz CT molecular complexity index is 828. The minimum atomic E-state index is -0.295. The van der Waals surface area contributed by atoms with E-state index in [9.17, 15) is 4.79 Å². The summed E-state index contributed by atoms with van der Waals surface area (Å²) in [5.41, 5.74) is 3.44. The standard InChI is InChI=1S/C16H15ClN4O/c1-11-4-3-7-21-10-14(19-15(11)21)9-18-16(22)20-13-6-2-5-12(17)8-13/h2-8,10H,9H2,1H3,(H2,18,20,22). The molecule has 0 saturated carbocycles. The van der Waals surface area contributed by atoms with Crippen molar-refractivity contribution in [1.82, 2.24) is 14.7 Å². The maximum atomic E-state index is 11.9. The minimum Gasteiger partial charge on any atom is -0.332 e. The highest BCUT2D eigenvalue weighted by Gasteiger charge is 2.06. The molecule has 2 aromatic heterocycles. The number of carbonyl (C=O) groups excluding carboxylic acids is 1. The van der Waals surface area contributed by atoms with Crippen molar-refractivity contribution in [2.45, 2.75) is 13.5 Å². The predicted octanol–water partition coefficient (Wildman–Crippen LogP) is 3.62. The highest BCUT2D eigenvalue weighted by atomic mass is 35.5. The molecule has 3 aromatic rings. The van der Waals surface area contributed by atoms with Gasteiger partial charge in [-0.3, -0.25) is 0 Å². The molecule has 1 aromatic carbocycles. The van der Waals surface area contributed by atoms with E-state index in [0.29, 0.717) is 17.3 Å². The minimum absolute atomic E-state index is 0.295. The number of hydrogen-bond donors (Lipinski definition) is 2. The molecule has 0 spiro atoms. The van der Waals surface area contributed by atoms with Crippen molar-refractivity contribution in [3.05, 3.63) is 65.1 Å². The van der Waals surface area contributed by atoms with Crippen LogP contribution < -0.4 is 10.6 Å². The van der Waals surface area contributed by atoms with Crippen LogP contribution in [-0.2, 0) is 6.54 Å². The molecule has 0 radical (unpaired) electrons. The number of aryl methyl sites for hydroxylation is 1. The topological polar surface area (TPSA) is 58.4 Å². The maximum absolute atomic E-state index is 11.9. The van der Waals surface area contributed by atoms with Gasteiger partial charge in [0.1, 0.15) is 5.65 Å². The number of pyridine rings is 1. The first-order valence-electron chi connectivity index (χ1n) is 6.85. The van der Waals surface area contributed by atoms with Gasteiger partial charge in [-0.25, -0.2) is 9.78 Å². The summed E-state index contributed by atoms with van der Waals surface area (Å²) in [6.45, 7) is 2.36. The third kappa shape index (κ3) is 3.20. The normalized spacial score (nSPS) is 10.6. The largest absolute Gasteiger partial charge is 0.332 e. The quantitative estimate of drug-likeness (QED) is 0.775. The van der Waals surface area contributed by atoms with Crippen molar-refractivity contribution in [3.8, 4) is 0 Å². The number of fused-ring (bicyclic) bond motifs is 1. The van der Waals surface area contributed by atoms with Gasteiger partial charge in [0.25, 0.3) is 0 Å². The summed E-state index contributed by atoms with van der Waals surface area (Å²) in [5.74, 6) is 0. The summed E-state index contributed by atoms with van der Waals surface area (Å²) in [6, 6.07) is 10.7. The van der Waals surface area contributed by atoms with E-state index in [1.165, 1.54) is 0 Å². The summed E-state index contributed by atoms with van der Waals surface area (Å²) in [5, 5.41) is 6.08. The fourth-order valence-corrected chi connectivity index (χ4v) is 2.39. The molecule has 0 aliphatic heterocycles. The van der Waals surface area contributed by atoms with E-state index in [-0.39, 0.29) is 6.03 Å². The van der Waals surface area contributed by atoms with E-state index in [4.69, 9.17) is 11.6 Å². The van der Waals surface area contributed by atoms with Crippen molar-refractivity contribution < 1.29 is 4.79 Å². The van der Waals surface area contributed by atoms with Crippen molar-refractivity contribution in [2.24, 2.45) is 0 Å². The number of aromatic nitrogens is 2. The highest BCUT2D eigenvalue weighted by molar-refractivity contribution is 6.30. The summed E-state index contributed by atoms with van der Waals surface area (Å²) in [4.78, 5) is 16.4. The smallest absolute Gasteiger partial charge is 0.319 e. The highest BCUT2D eigenvalue weighted by Crippen LogP contribution is 2.14. The molecule has 0 atom stereocenters. The van der Waals surface area contributed by atoms with Crippen molar-refractivity contribution in [1.29, 1.82) is 0 Å². The molecular weight excluding hydrogens is 300 g/mol. The molecule has 0 aliphatic carbocycles. The van der Waals surface area contributed by atoms with Crippen LogP contribution in [0.2, 0.25) is 5.02 Å². The fraction of sp³-hybridized carbons (Fsp3) is 0.125. The molecule has 0 aliphatic rings. The molecule has 2 heterocycles. The second-order valence-corrected chi connectivity index (χ2v) is 5.41. The second-order valence-electron chi connectivity index (χ2n) is 4.97. The van der Waals surface area contributed by atoms with E-state index in [1.54, 1.807) is 24.3 Å². The van der Waals surface area contributed by atoms with E-state index in [1.807, 2.05) is 35.9 Å². The number of carbonyl (C=O) groups is 1. The van der Waals surface area contributed by atoms with Gasteiger partial charge in [0.2, 0.25) is 0 Å². The van der Waals surface area contributed by atoms with Crippen LogP contribution in [0.4, 0.5) is 10.5 Å². The zero-order valence-electron chi connectivity index (χ0n) is 12.0. The van der Waals surface area contributed by atoms with Gasteiger partial charge >= 0.3 is 6.03 Å². The van der Waals surface area contributed by atoms with Gasteiger partial charge in [0.05, 0.1) is 12.2 Å². The molecule has 0 saturated heterocycles. The van der Waals surface area contributed by atoms with Crippen LogP contribution >= 0.6 is 11.6 Å². The zero-order valence-corrected chi connectivity index (χ0v) is 12.8. The van der Waals surface area contributed by atoms with Gasteiger partial charge in [-0.1, -0.05) is 23.7 Å². The molecular formula is C16H15ClN4O. The van der Waals surface area contributed by atoms with Gasteiger partial charge in [0, 0.05) is 23.1 Å². The monoisotopic (exact) mass is 314 g/mol. The Balaban J connectivity index is 1.63. The molecule has 0 fully saturated rings. The lowest BCUT2D eigenvalue weighted by Gasteiger charge is -2.06. The van der Waals surface area contributed by atoms with Crippen LogP contribution in [0.5, 0.6) is 0 Å². The molecule has 112 valence electrons. The summed E-state index contributed by atoms with van der Waals surface area (Å²) < 4.78 is 1.95. The number of anilines is 1. The molecule has 0 unspecified atom stereocenters. The van der Waals surface area contributed by atoms with E-state index in [2.05, 4.69) is 15.6 Å². The Kier molecular flexibility index (Phi) is 3.98. The first-order chi connectivity index (χ1) is 10.6. The van der Waals surface area contributed by atoms with Crippen molar-refractivity contribution in [2.75, 3.05) is 5.32 Å². The Morgan fingerprint density at radius 3 is 2.95 bits per heavy atom. The van der Waals surface area contributed by atoms with Crippen LogP contribution in [0.15, 0.2) is 48.8 Å². The zero-order chi connectivity index (χ0) is 15.5. The van der Waals surface area contributed by atoms with Gasteiger partial charge in [-0.15, -0.1) is 0 Å². The molecule has 2 amide bonds. The van der Waals surface area contributed by atoms with Gasteiger partial charge in [0.15, 0.2) is 0 Å². The van der Waals surface area contributed by atoms with E-state index in [0.717, 1.165) is 16.9 Å². The van der Waals surface area contributed by atoms with Crippen molar-refractivity contribution >= 4 is 29.0 Å². The Morgan fingerprint density at radius 1 is 1.32 bits per heavy atom. The fourth-order valence-electron chi connectivity index (χ4n) is 2.20. The third-order valence-electron chi connectivity index (χ3n) is 3.24. The molecule has 2 N–H and O–H groups in total. The number of nitrogens with zero attached hydrogens (tertiary/aromatic N) is 2. The number of imidazole rings is 1. The van der Waals surface area contributed by atoms with Crippen LogP contribution in [-0.4, -0.2) is 15.4 Å². The van der Waals surface area contributed by atoms with Gasteiger partial charge in [-0.2, -0.15) is 0 Å². The Hall–Kier alpha value is -2.53.